The number of aromatic nitrogens is 4. The maximum atomic E-state index is 13.6. The molecule has 1 N–H and O–H groups in total. The average molecular weight is 499 g/mol. The maximum absolute atomic E-state index is 13.6. The Labute approximate surface area is 213 Å². The molecule has 4 aromatic rings. The van der Waals surface area contributed by atoms with Crippen LogP contribution in [-0.4, -0.2) is 62.1 Å². The minimum absolute atomic E-state index is 0.127. The molecule has 0 saturated carbocycles. The van der Waals surface area contributed by atoms with Gasteiger partial charge in [0.2, 0.25) is 11.9 Å². The van der Waals surface area contributed by atoms with Crippen molar-refractivity contribution in [3.05, 3.63) is 100 Å². The number of nitrogens with one attached hydrogen (secondary N) is 1. The molecule has 1 aromatic heterocycles. The lowest BCUT2D eigenvalue weighted by atomic mass is 10.0. The predicted octanol–water partition coefficient (Wildman–Crippen LogP) is 3.38. The Balaban J connectivity index is 1.36. The van der Waals surface area contributed by atoms with E-state index in [1.807, 2.05) is 60.7 Å². The first-order valence-electron chi connectivity index (χ1n) is 11.9. The van der Waals surface area contributed by atoms with Crippen molar-refractivity contribution in [2.24, 2.45) is 0 Å². The smallest absolute Gasteiger partial charge is 0.293 e. The lowest BCUT2D eigenvalue weighted by Gasteiger charge is -2.38. The average Bonchev–Trinajstić information content (AvgIpc) is 3.41. The Hall–Kier alpha value is -4.64. The topological polar surface area (TPSA) is 122 Å². The lowest BCUT2D eigenvalue weighted by molar-refractivity contribution is -0.384. The molecule has 0 spiro atoms. The van der Waals surface area contributed by atoms with Gasteiger partial charge in [-0.05, 0) is 46.7 Å². The third kappa shape index (κ3) is 5.16. The van der Waals surface area contributed by atoms with E-state index < -0.39 is 11.0 Å². The fraction of sp³-hybridized carbons (Fsp3) is 0.231. The normalized spacial score (nSPS) is 14.8. The number of benzene rings is 3. The van der Waals surface area contributed by atoms with Crippen LogP contribution in [0.1, 0.15) is 17.2 Å². The summed E-state index contributed by atoms with van der Waals surface area (Å²) in [4.78, 5) is 28.9. The SMILES string of the molecule is Cc1ccc(NC(=O)C(c2ccccc2)N2CCN(c3nnnn3-c3ccccc3)CC2)c([N+](=O)[O-])c1. The van der Waals surface area contributed by atoms with Crippen LogP contribution in [0.25, 0.3) is 5.69 Å². The molecule has 11 nitrogen and oxygen atoms in total. The monoisotopic (exact) mass is 498 g/mol. The van der Waals surface area contributed by atoms with E-state index in [4.69, 9.17) is 0 Å². The maximum Gasteiger partial charge on any atom is 0.293 e. The number of tetrazole rings is 1. The molecule has 1 atom stereocenters. The first-order chi connectivity index (χ1) is 18.0. The number of nitro benzene ring substituents is 1. The highest BCUT2D eigenvalue weighted by atomic mass is 16.6. The van der Waals surface area contributed by atoms with Crippen LogP contribution in [-0.2, 0) is 4.79 Å². The molecule has 5 rings (SSSR count). The number of nitrogens with zero attached hydrogens (tertiary/aromatic N) is 7. The lowest BCUT2D eigenvalue weighted by Crippen LogP contribution is -2.50. The van der Waals surface area contributed by atoms with Crippen molar-refractivity contribution in [2.45, 2.75) is 13.0 Å². The van der Waals surface area contributed by atoms with Gasteiger partial charge < -0.3 is 10.2 Å². The summed E-state index contributed by atoms with van der Waals surface area (Å²) in [5.41, 5.74) is 2.49. The van der Waals surface area contributed by atoms with Gasteiger partial charge in [0.25, 0.3) is 5.69 Å². The number of aryl methyl sites for hydroxylation is 1. The van der Waals surface area contributed by atoms with E-state index in [9.17, 15) is 14.9 Å². The van der Waals surface area contributed by atoms with Crippen molar-refractivity contribution in [3.63, 3.8) is 0 Å². The molecule has 188 valence electrons. The zero-order chi connectivity index (χ0) is 25.8. The minimum Gasteiger partial charge on any atom is -0.337 e. The number of hydrogen-bond acceptors (Lipinski definition) is 8. The molecule has 0 bridgehead atoms. The second-order valence-electron chi connectivity index (χ2n) is 8.83. The number of para-hydroxylation sites is 1. The van der Waals surface area contributed by atoms with Crippen molar-refractivity contribution < 1.29 is 9.72 Å². The number of piperazine rings is 1. The van der Waals surface area contributed by atoms with E-state index in [1.54, 1.807) is 23.7 Å². The number of hydrogen-bond donors (Lipinski definition) is 1. The molecule has 3 aromatic carbocycles. The predicted molar refractivity (Wildman–Crippen MR) is 139 cm³/mol. The molecule has 0 radical (unpaired) electrons. The fourth-order valence-corrected chi connectivity index (χ4v) is 4.56. The van der Waals surface area contributed by atoms with Gasteiger partial charge in [-0.25, -0.2) is 0 Å². The van der Waals surface area contributed by atoms with Crippen molar-refractivity contribution in [1.82, 2.24) is 25.1 Å². The molecular weight excluding hydrogens is 472 g/mol. The third-order valence-corrected chi connectivity index (χ3v) is 6.39. The van der Waals surface area contributed by atoms with Gasteiger partial charge >= 0.3 is 0 Å². The van der Waals surface area contributed by atoms with E-state index in [0.717, 1.165) is 16.8 Å². The second-order valence-corrected chi connectivity index (χ2v) is 8.83. The largest absolute Gasteiger partial charge is 0.337 e. The Bertz CT molecular complexity index is 1390. The second kappa shape index (κ2) is 10.5. The van der Waals surface area contributed by atoms with Crippen LogP contribution in [0.5, 0.6) is 0 Å². The van der Waals surface area contributed by atoms with E-state index >= 15 is 0 Å². The van der Waals surface area contributed by atoms with Gasteiger partial charge in [-0.3, -0.25) is 19.8 Å². The van der Waals surface area contributed by atoms with Gasteiger partial charge in [-0.1, -0.05) is 59.7 Å². The van der Waals surface area contributed by atoms with Crippen molar-refractivity contribution in [3.8, 4) is 5.69 Å². The standard InChI is InChI=1S/C26H26N8O3/c1-19-12-13-22(23(18-19)34(36)37)27-25(35)24(20-8-4-2-5-9-20)31-14-16-32(17-15-31)26-28-29-30-33(26)21-10-6-3-7-11-21/h2-13,18,24H,14-17H2,1H3,(H,27,35). The van der Waals surface area contributed by atoms with Crippen molar-refractivity contribution in [1.29, 1.82) is 0 Å². The molecule has 1 saturated heterocycles. The van der Waals surface area contributed by atoms with Crippen LogP contribution in [0.2, 0.25) is 0 Å². The molecule has 0 aliphatic carbocycles. The van der Waals surface area contributed by atoms with Gasteiger partial charge in [0.05, 0.1) is 10.6 Å². The summed E-state index contributed by atoms with van der Waals surface area (Å²) in [6, 6.07) is 23.3. The zero-order valence-electron chi connectivity index (χ0n) is 20.3. The van der Waals surface area contributed by atoms with Crippen molar-refractivity contribution >= 4 is 23.2 Å². The number of carbonyl (C=O) groups excluding carboxylic acids is 1. The first kappa shape index (κ1) is 24.1. The molecule has 2 heterocycles. The van der Waals surface area contributed by atoms with E-state index in [0.29, 0.717) is 32.1 Å². The summed E-state index contributed by atoms with van der Waals surface area (Å²) >= 11 is 0. The summed E-state index contributed by atoms with van der Waals surface area (Å²) in [6.07, 6.45) is 0. The Kier molecular flexibility index (Phi) is 6.86. The Morgan fingerprint density at radius 1 is 0.973 bits per heavy atom. The van der Waals surface area contributed by atoms with Crippen LogP contribution in [0.15, 0.2) is 78.9 Å². The molecule has 1 fully saturated rings. The summed E-state index contributed by atoms with van der Waals surface area (Å²) in [5.74, 6) is 0.322. The highest BCUT2D eigenvalue weighted by molar-refractivity contribution is 5.97. The van der Waals surface area contributed by atoms with Crippen LogP contribution in [0.3, 0.4) is 0 Å². The van der Waals surface area contributed by atoms with E-state index in [-0.39, 0.29) is 17.3 Å². The van der Waals surface area contributed by atoms with Gasteiger partial charge in [-0.15, -0.1) is 0 Å². The summed E-state index contributed by atoms with van der Waals surface area (Å²) in [5, 5.41) is 26.7. The molecule has 11 heteroatoms. The molecule has 37 heavy (non-hydrogen) atoms. The highest BCUT2D eigenvalue weighted by Crippen LogP contribution is 2.29. The Morgan fingerprint density at radius 3 is 2.32 bits per heavy atom. The van der Waals surface area contributed by atoms with Gasteiger partial charge in [0, 0.05) is 32.2 Å². The van der Waals surface area contributed by atoms with Crippen LogP contribution < -0.4 is 10.2 Å². The summed E-state index contributed by atoms with van der Waals surface area (Å²) < 4.78 is 1.70. The quantitative estimate of drug-likeness (QED) is 0.304. The summed E-state index contributed by atoms with van der Waals surface area (Å²) in [7, 11) is 0. The number of anilines is 2. The van der Waals surface area contributed by atoms with Crippen LogP contribution in [0, 0.1) is 17.0 Å². The van der Waals surface area contributed by atoms with Crippen LogP contribution in [0.4, 0.5) is 17.3 Å². The highest BCUT2D eigenvalue weighted by Gasteiger charge is 2.33. The van der Waals surface area contributed by atoms with E-state index in [1.165, 1.54) is 6.07 Å². The third-order valence-electron chi connectivity index (χ3n) is 6.39. The summed E-state index contributed by atoms with van der Waals surface area (Å²) in [6.45, 7) is 4.14. The molecule has 1 unspecified atom stereocenters. The number of amides is 1. The minimum atomic E-state index is -0.616. The molecule has 1 amide bonds. The van der Waals surface area contributed by atoms with E-state index in [2.05, 4.69) is 30.6 Å². The zero-order valence-corrected chi connectivity index (χ0v) is 20.3. The first-order valence-corrected chi connectivity index (χ1v) is 11.9. The Morgan fingerprint density at radius 2 is 1.65 bits per heavy atom. The number of rotatable bonds is 7. The van der Waals surface area contributed by atoms with Crippen LogP contribution >= 0.6 is 0 Å². The van der Waals surface area contributed by atoms with Crippen molar-refractivity contribution in [2.75, 3.05) is 36.4 Å². The fourth-order valence-electron chi connectivity index (χ4n) is 4.56. The van der Waals surface area contributed by atoms with Gasteiger partial charge in [0.15, 0.2) is 0 Å². The molecule has 1 aliphatic heterocycles. The number of nitro groups is 1. The molecular formula is C26H26N8O3. The van der Waals surface area contributed by atoms with Gasteiger partial charge in [0.1, 0.15) is 11.7 Å². The molecule has 1 aliphatic rings. The van der Waals surface area contributed by atoms with Gasteiger partial charge in [-0.2, -0.15) is 4.68 Å². The number of carbonyl (C=O) groups is 1.